The fraction of sp³-hybridized carbons (Fsp3) is 0.275. The minimum atomic E-state index is -4.70. The van der Waals surface area contributed by atoms with E-state index in [1.807, 2.05) is 135 Å². The first-order valence-corrected chi connectivity index (χ1v) is 41.1. The lowest BCUT2D eigenvalue weighted by Gasteiger charge is -2.32. The zero-order valence-corrected chi connectivity index (χ0v) is 71.7. The normalized spacial score (nSPS) is 14.9. The predicted octanol–water partition coefficient (Wildman–Crippen LogP) is 23.6. The molecule has 17 nitrogen and oxygen atoms in total. The summed E-state index contributed by atoms with van der Waals surface area (Å²) in [5, 5.41) is 17.8. The highest BCUT2D eigenvalue weighted by Crippen LogP contribution is 2.46. The number of nitrogens with one attached hydrogen (secondary N) is 3. The summed E-state index contributed by atoms with van der Waals surface area (Å²) in [6.07, 6.45) is -5.64. The van der Waals surface area contributed by atoms with E-state index in [0.717, 1.165) is 116 Å². The average Bonchev–Trinajstić information content (AvgIpc) is 1.58. The second-order valence-electron chi connectivity index (χ2n) is 32.2. The molecule has 126 heavy (non-hydrogen) atoms. The van der Waals surface area contributed by atoms with Gasteiger partial charge in [0.1, 0.15) is 16.2 Å². The number of aromatic amines is 3. The number of hydrogen-bond acceptors (Lipinski definition) is 11. The molecule has 0 amide bonds. The third kappa shape index (κ3) is 16.7. The molecule has 1 saturated heterocycles. The molecule has 13 heterocycles. The summed E-state index contributed by atoms with van der Waals surface area (Å²) < 4.78 is 209. The van der Waals surface area contributed by atoms with Gasteiger partial charge in [-0.25, -0.2) is 50.9 Å². The fourth-order valence-electron chi connectivity index (χ4n) is 16.5. The third-order valence-corrected chi connectivity index (χ3v) is 24.9. The molecule has 35 heteroatoms. The van der Waals surface area contributed by atoms with Gasteiger partial charge < -0.3 is 39.0 Å². The SMILES string of the molecule is C.CC1(C)OB(c2ccc(Cl)c3[nH]ccc23)OC1(C)C.Cc1cccc(C)c1-n1nc2c(c1-c1ccc(F)c3[nH]cc(Cl)c13)CN(c1ncc(C(F)(F)F)cc1F)CC2.Cc1cccc(C)c1-n1nc2c(c1-c1ccc(F)c3[nH]ccc13)CN(c1ncc(C(F)(F)F)cc1F)CC2.Cc1cccc(C)c1-n1nc2c(c1Br)CN(c1ncc(C(F)(F)F)cc1F)CC2. The maximum Gasteiger partial charge on any atom is 0.495 e. The lowest BCUT2D eigenvalue weighted by atomic mass is 9.77. The van der Waals surface area contributed by atoms with Crippen molar-refractivity contribution in [2.75, 3.05) is 34.3 Å². The number of halogens is 17. The van der Waals surface area contributed by atoms with Crippen LogP contribution < -0.4 is 20.2 Å². The molecule has 0 unspecified atom stereocenters. The Morgan fingerprint density at radius 2 is 0.802 bits per heavy atom. The maximum atomic E-state index is 14.9. The van der Waals surface area contributed by atoms with Crippen LogP contribution in [0.4, 0.5) is 78.9 Å². The molecule has 0 spiro atoms. The highest BCUT2D eigenvalue weighted by molar-refractivity contribution is 9.10. The Morgan fingerprint density at radius 3 is 1.23 bits per heavy atom. The van der Waals surface area contributed by atoms with E-state index in [4.69, 9.17) is 47.8 Å². The lowest BCUT2D eigenvalue weighted by Crippen LogP contribution is -2.41. The number of aromatic nitrogens is 12. The number of alkyl halides is 9. The van der Waals surface area contributed by atoms with Gasteiger partial charge in [-0.15, -0.1) is 0 Å². The molecule has 1 fully saturated rings. The Balaban J connectivity index is 0.000000133. The Bertz CT molecular complexity index is 6650. The Morgan fingerprint density at radius 1 is 0.429 bits per heavy atom. The highest BCUT2D eigenvalue weighted by atomic mass is 79.9. The molecule has 19 rings (SSSR count). The second-order valence-corrected chi connectivity index (χ2v) is 33.7. The number of benzene rings is 6. The molecule has 3 N–H and O–H groups in total. The standard InChI is InChI=1S/C28H21ClF5N5.C28H22F5N5.C20H17BrF4N4.C14H17BClNO2.CH4/c1-14-4-3-5-15(2)25(14)39-26(17-6-7-20(30)24-23(17)19(29)12-35-24)18-13-38(9-8-22(18)37-39)27-21(31)10-16(11-36-27)28(32,33)34;1-15-4-3-5-16(2)25(15)38-26(19-6-7-21(29)24-18(19)8-10-34-24)20-14-37(11-9-23(20)36-38)27-22(30)12-17(13-35-27)28(31,32)33;1-11-4-3-5-12(2)17(11)29-18(21)14-10-28(7-6-16(14)27-29)19-15(22)8-13(9-26-19)20(23,24)25;1-13(2)14(3,4)19-15(18-13)10-5-6-11(16)12-9(10)7-8-17-12;/h3-7,10-12,35H,8-9,13H2,1-2H3;3-8,10,12-13,34H,9,11,14H2,1-2H3;3-5,8-9H,6-7,10H2,1-2H3;5-8,17H,1-4H3;1H4. The summed E-state index contributed by atoms with van der Waals surface area (Å²) in [7, 11) is -0.361. The van der Waals surface area contributed by atoms with E-state index in [1.165, 1.54) is 18.3 Å². The van der Waals surface area contributed by atoms with Crippen LogP contribution in [0, 0.1) is 70.6 Å². The van der Waals surface area contributed by atoms with E-state index in [9.17, 15) is 61.5 Å². The highest BCUT2D eigenvalue weighted by Gasteiger charge is 2.52. The van der Waals surface area contributed by atoms with Crippen LogP contribution in [-0.2, 0) is 66.7 Å². The van der Waals surface area contributed by atoms with Gasteiger partial charge in [0.05, 0.1) is 100 Å². The van der Waals surface area contributed by atoms with Crippen molar-refractivity contribution in [3.63, 3.8) is 0 Å². The summed E-state index contributed by atoms with van der Waals surface area (Å²) in [5.74, 6) is -4.36. The molecule has 0 aliphatic carbocycles. The summed E-state index contributed by atoms with van der Waals surface area (Å²) in [5.41, 5.74) is 14.8. The smallest absolute Gasteiger partial charge is 0.399 e. The van der Waals surface area contributed by atoms with E-state index in [1.54, 1.807) is 39.1 Å². The van der Waals surface area contributed by atoms with Gasteiger partial charge in [0.2, 0.25) is 0 Å². The number of H-pyrrole nitrogens is 3. The topological polar surface area (TPSA) is 168 Å². The minimum absolute atomic E-state index is 0. The molecule has 0 radical (unpaired) electrons. The molecular formula is C91H81BBrCl2F14N15O2. The van der Waals surface area contributed by atoms with Gasteiger partial charge in [-0.1, -0.05) is 91.3 Å². The summed E-state index contributed by atoms with van der Waals surface area (Å²) in [4.78, 5) is 25.3. The number of pyridine rings is 3. The number of fused-ring (bicyclic) bond motifs is 6. The Hall–Kier alpha value is -11.5. The van der Waals surface area contributed by atoms with Gasteiger partial charge in [-0.2, -0.15) is 54.8 Å². The molecule has 6 aromatic carbocycles. The van der Waals surface area contributed by atoms with E-state index in [-0.39, 0.29) is 61.8 Å². The molecule has 15 aromatic rings. The summed E-state index contributed by atoms with van der Waals surface area (Å²) in [6.45, 7) is 21.8. The van der Waals surface area contributed by atoms with Crippen LogP contribution in [0.15, 0.2) is 163 Å². The largest absolute Gasteiger partial charge is 0.495 e. The molecule has 654 valence electrons. The first-order valence-electron chi connectivity index (χ1n) is 39.6. The van der Waals surface area contributed by atoms with E-state index >= 15 is 0 Å². The Labute approximate surface area is 733 Å². The van der Waals surface area contributed by atoms with Gasteiger partial charge in [-0.05, 0) is 185 Å². The van der Waals surface area contributed by atoms with Gasteiger partial charge in [-0.3, -0.25) is 0 Å². The number of rotatable bonds is 9. The minimum Gasteiger partial charge on any atom is -0.399 e. The first kappa shape index (κ1) is 89.3. The Kier molecular flexibility index (Phi) is 24.1. The number of para-hydroxylation sites is 3. The number of hydrogen-bond donors (Lipinski definition) is 3. The second kappa shape index (κ2) is 34.0. The quantitative estimate of drug-likeness (QED) is 0.0929. The average molecular weight is 1840 g/mol. The molecule has 0 bridgehead atoms. The monoisotopic (exact) mass is 1840 g/mol. The van der Waals surface area contributed by atoms with E-state index in [0.29, 0.717) is 120 Å². The third-order valence-electron chi connectivity index (χ3n) is 23.5. The molecule has 4 aliphatic rings. The van der Waals surface area contributed by atoms with Crippen LogP contribution in [0.25, 0.3) is 72.3 Å². The number of anilines is 3. The lowest BCUT2D eigenvalue weighted by molar-refractivity contribution is -0.138. The zero-order chi connectivity index (χ0) is 89.2. The van der Waals surface area contributed by atoms with Crippen LogP contribution in [0.1, 0.15) is 119 Å². The molecular weight excluding hydrogens is 1760 g/mol. The van der Waals surface area contributed by atoms with Crippen LogP contribution >= 0.6 is 39.1 Å². The van der Waals surface area contributed by atoms with Crippen molar-refractivity contribution in [3.8, 4) is 39.6 Å². The number of aryl methyl sites for hydroxylation is 6. The van der Waals surface area contributed by atoms with Gasteiger partial charge in [0.15, 0.2) is 34.9 Å². The maximum absolute atomic E-state index is 14.9. The molecule has 4 aliphatic heterocycles. The van der Waals surface area contributed by atoms with E-state index < -0.39 is 64.3 Å². The summed E-state index contributed by atoms with van der Waals surface area (Å²) >= 11 is 16.3. The van der Waals surface area contributed by atoms with Crippen LogP contribution in [0.5, 0.6) is 0 Å². The van der Waals surface area contributed by atoms with Gasteiger partial charge >= 0.3 is 25.6 Å². The molecule has 9 aromatic heterocycles. The van der Waals surface area contributed by atoms with Crippen molar-refractivity contribution in [2.24, 2.45) is 0 Å². The van der Waals surface area contributed by atoms with Crippen LogP contribution in [0.2, 0.25) is 10.0 Å². The van der Waals surface area contributed by atoms with Crippen LogP contribution in [0.3, 0.4) is 0 Å². The zero-order valence-electron chi connectivity index (χ0n) is 68.6. The van der Waals surface area contributed by atoms with Crippen LogP contribution in [-0.4, -0.2) is 97.2 Å². The predicted molar refractivity (Wildman–Crippen MR) is 464 cm³/mol. The summed E-state index contributed by atoms with van der Waals surface area (Å²) in [6, 6.07) is 32.9. The first-order chi connectivity index (χ1) is 59.2. The van der Waals surface area contributed by atoms with E-state index in [2.05, 4.69) is 73.5 Å². The number of nitrogens with zero attached hydrogens (tertiary/aromatic N) is 12. The van der Waals surface area contributed by atoms with Crippen molar-refractivity contribution < 1.29 is 70.8 Å². The van der Waals surface area contributed by atoms with Crippen molar-refractivity contribution in [1.29, 1.82) is 0 Å². The fourth-order valence-corrected chi connectivity index (χ4v) is 17.6. The molecule has 0 atom stereocenters. The van der Waals surface area contributed by atoms with Gasteiger partial charge in [0, 0.05) is 140 Å². The van der Waals surface area contributed by atoms with Gasteiger partial charge in [0.25, 0.3) is 0 Å². The van der Waals surface area contributed by atoms with Crippen molar-refractivity contribution in [1.82, 2.24) is 59.2 Å². The van der Waals surface area contributed by atoms with Crippen molar-refractivity contribution in [2.45, 2.75) is 145 Å². The molecule has 0 saturated carbocycles. The van der Waals surface area contributed by atoms with Crippen molar-refractivity contribution in [3.05, 3.63) is 286 Å². The van der Waals surface area contributed by atoms with Crippen molar-refractivity contribution >= 4 is 102 Å².